The number of nitrogens with one attached hydrogen (secondary N) is 1. The van der Waals surface area contributed by atoms with E-state index in [0.29, 0.717) is 12.0 Å². The molecule has 1 heterocycles. The molecule has 0 bridgehead atoms. The Hall–Kier alpha value is -0.620. The molecule has 2 rings (SSSR count). The molecular formula is C12H19N3OS2. The van der Waals surface area contributed by atoms with Crippen LogP contribution in [-0.4, -0.2) is 27.4 Å². The zero-order valence-corrected chi connectivity index (χ0v) is 12.4. The van der Waals surface area contributed by atoms with Crippen molar-refractivity contribution in [3.63, 3.8) is 0 Å². The lowest BCUT2D eigenvalue weighted by atomic mass is 9.86. The Morgan fingerprint density at radius 3 is 3.00 bits per heavy atom. The first-order valence-corrected chi connectivity index (χ1v) is 8.16. The van der Waals surface area contributed by atoms with Gasteiger partial charge in [-0.15, -0.1) is 10.2 Å². The third-order valence-corrected chi connectivity index (χ3v) is 5.34. The topological polar surface area (TPSA) is 54.9 Å². The van der Waals surface area contributed by atoms with E-state index in [1.165, 1.54) is 42.4 Å². The summed E-state index contributed by atoms with van der Waals surface area (Å²) in [7, 11) is 0. The van der Waals surface area contributed by atoms with Crippen LogP contribution in [0.4, 0.5) is 0 Å². The number of nitrogens with zero attached hydrogens (tertiary/aromatic N) is 2. The van der Waals surface area contributed by atoms with Gasteiger partial charge in [0.15, 0.2) is 4.34 Å². The lowest BCUT2D eigenvalue weighted by molar-refractivity contribution is -0.121. The molecule has 4 nitrogen and oxygen atoms in total. The summed E-state index contributed by atoms with van der Waals surface area (Å²) in [6, 6.07) is 0.351. The van der Waals surface area contributed by atoms with E-state index < -0.39 is 0 Å². The van der Waals surface area contributed by atoms with Gasteiger partial charge in [0, 0.05) is 6.04 Å². The number of hydrogen-bond acceptors (Lipinski definition) is 5. The molecular weight excluding hydrogens is 266 g/mol. The second-order valence-corrected chi connectivity index (χ2v) is 7.26. The highest BCUT2D eigenvalue weighted by Gasteiger charge is 2.25. The maximum absolute atomic E-state index is 12.1. The van der Waals surface area contributed by atoms with Gasteiger partial charge in [-0.2, -0.15) is 0 Å². The highest BCUT2D eigenvalue weighted by molar-refractivity contribution is 8.02. The summed E-state index contributed by atoms with van der Waals surface area (Å²) in [6.07, 6.45) is 4.86. The Morgan fingerprint density at radius 1 is 1.56 bits per heavy atom. The van der Waals surface area contributed by atoms with Gasteiger partial charge in [0.1, 0.15) is 5.51 Å². The van der Waals surface area contributed by atoms with Gasteiger partial charge in [-0.1, -0.05) is 42.9 Å². The normalized spacial score (nSPS) is 25.7. The van der Waals surface area contributed by atoms with E-state index in [2.05, 4.69) is 22.4 Å². The molecule has 3 atom stereocenters. The first-order valence-electron chi connectivity index (χ1n) is 6.40. The Bertz CT molecular complexity index is 383. The summed E-state index contributed by atoms with van der Waals surface area (Å²) >= 11 is 2.96. The molecule has 1 aliphatic rings. The van der Waals surface area contributed by atoms with Crippen molar-refractivity contribution >= 4 is 29.0 Å². The van der Waals surface area contributed by atoms with E-state index >= 15 is 0 Å². The molecule has 100 valence electrons. The van der Waals surface area contributed by atoms with Gasteiger partial charge < -0.3 is 5.32 Å². The molecule has 6 heteroatoms. The minimum atomic E-state index is -0.105. The number of aromatic nitrogens is 2. The highest BCUT2D eigenvalue weighted by atomic mass is 32.2. The van der Waals surface area contributed by atoms with Gasteiger partial charge in [0.2, 0.25) is 5.91 Å². The van der Waals surface area contributed by atoms with Crippen molar-refractivity contribution in [3.05, 3.63) is 5.51 Å². The van der Waals surface area contributed by atoms with Crippen molar-refractivity contribution in [1.29, 1.82) is 0 Å². The summed E-state index contributed by atoms with van der Waals surface area (Å²) in [5, 5.41) is 10.8. The lowest BCUT2D eigenvalue weighted by Gasteiger charge is -2.30. The quantitative estimate of drug-likeness (QED) is 0.864. The van der Waals surface area contributed by atoms with Gasteiger partial charge >= 0.3 is 0 Å². The van der Waals surface area contributed by atoms with Gasteiger partial charge in [0.05, 0.1) is 5.25 Å². The molecule has 18 heavy (non-hydrogen) atoms. The van der Waals surface area contributed by atoms with E-state index in [1.807, 2.05) is 6.92 Å². The minimum Gasteiger partial charge on any atom is -0.352 e. The van der Waals surface area contributed by atoms with E-state index in [1.54, 1.807) is 5.51 Å². The standard InChI is InChI=1S/C12H19N3OS2/c1-8-5-3-4-6-10(8)14-11(16)9(2)18-12-15-13-7-17-12/h7-10H,3-6H2,1-2H3,(H,14,16)/t8-,9+,10+/m0/s1. The number of thioether (sulfide) groups is 1. The molecule has 1 N–H and O–H groups in total. The fourth-order valence-corrected chi connectivity index (χ4v) is 3.88. The average molecular weight is 285 g/mol. The first-order chi connectivity index (χ1) is 8.66. The molecule has 0 unspecified atom stereocenters. The number of carbonyl (C=O) groups excluding carboxylic acids is 1. The van der Waals surface area contributed by atoms with Crippen molar-refractivity contribution in [3.8, 4) is 0 Å². The van der Waals surface area contributed by atoms with Gasteiger partial charge in [-0.05, 0) is 25.7 Å². The van der Waals surface area contributed by atoms with E-state index in [4.69, 9.17) is 0 Å². The maximum Gasteiger partial charge on any atom is 0.233 e. The Morgan fingerprint density at radius 2 is 2.33 bits per heavy atom. The summed E-state index contributed by atoms with van der Waals surface area (Å²) in [5.74, 6) is 0.718. The van der Waals surface area contributed by atoms with Crippen LogP contribution in [0.5, 0.6) is 0 Å². The fraction of sp³-hybridized carbons (Fsp3) is 0.750. The molecule has 1 saturated carbocycles. The zero-order valence-electron chi connectivity index (χ0n) is 10.8. The lowest BCUT2D eigenvalue weighted by Crippen LogP contribution is -2.44. The third kappa shape index (κ3) is 3.68. The predicted molar refractivity (Wildman–Crippen MR) is 74.8 cm³/mol. The SMILES string of the molecule is C[C@@H](Sc1nncs1)C(=O)N[C@@H]1CCCC[C@@H]1C. The molecule has 1 aliphatic carbocycles. The highest BCUT2D eigenvalue weighted by Crippen LogP contribution is 2.26. The van der Waals surface area contributed by atoms with Crippen LogP contribution >= 0.6 is 23.1 Å². The Kier molecular flexibility index (Phi) is 5.00. The number of rotatable bonds is 4. The summed E-state index contributed by atoms with van der Waals surface area (Å²) in [4.78, 5) is 12.1. The second-order valence-electron chi connectivity index (χ2n) is 4.84. The summed E-state index contributed by atoms with van der Waals surface area (Å²) < 4.78 is 0.856. The van der Waals surface area contributed by atoms with E-state index in [0.717, 1.165) is 10.8 Å². The van der Waals surface area contributed by atoms with E-state index in [-0.39, 0.29) is 11.2 Å². The van der Waals surface area contributed by atoms with E-state index in [9.17, 15) is 4.79 Å². The summed E-state index contributed by atoms with van der Waals surface area (Å²) in [5.41, 5.74) is 1.69. The molecule has 1 fully saturated rings. The number of amides is 1. The molecule has 1 aromatic heterocycles. The minimum absolute atomic E-state index is 0.105. The second kappa shape index (κ2) is 6.52. The fourth-order valence-electron chi connectivity index (χ4n) is 2.25. The Labute approximate surface area is 116 Å². The van der Waals surface area contributed by atoms with Crippen molar-refractivity contribution in [2.45, 2.75) is 55.2 Å². The first kappa shape index (κ1) is 13.8. The summed E-state index contributed by atoms with van der Waals surface area (Å²) in [6.45, 7) is 4.15. The average Bonchev–Trinajstić information content (AvgIpc) is 2.84. The van der Waals surface area contributed by atoms with Crippen molar-refractivity contribution in [2.24, 2.45) is 5.92 Å². The third-order valence-electron chi connectivity index (χ3n) is 3.43. The zero-order chi connectivity index (χ0) is 13.0. The van der Waals surface area contributed by atoms with Crippen LogP contribution < -0.4 is 5.32 Å². The number of carbonyl (C=O) groups is 1. The molecule has 0 saturated heterocycles. The maximum atomic E-state index is 12.1. The van der Waals surface area contributed by atoms with Crippen LogP contribution in [0, 0.1) is 5.92 Å². The predicted octanol–water partition coefficient (Wildman–Crippen LogP) is 2.71. The Balaban J connectivity index is 1.83. The van der Waals surface area contributed by atoms with Gasteiger partial charge in [-0.3, -0.25) is 4.79 Å². The van der Waals surface area contributed by atoms with Crippen LogP contribution in [-0.2, 0) is 4.79 Å². The van der Waals surface area contributed by atoms with Crippen LogP contribution in [0.2, 0.25) is 0 Å². The van der Waals surface area contributed by atoms with Crippen LogP contribution in [0.3, 0.4) is 0 Å². The molecule has 0 radical (unpaired) electrons. The van der Waals surface area contributed by atoms with Crippen molar-refractivity contribution < 1.29 is 4.79 Å². The monoisotopic (exact) mass is 285 g/mol. The van der Waals surface area contributed by atoms with Crippen molar-refractivity contribution in [1.82, 2.24) is 15.5 Å². The van der Waals surface area contributed by atoms with Gasteiger partial charge in [0.25, 0.3) is 0 Å². The van der Waals surface area contributed by atoms with Crippen LogP contribution in [0.15, 0.2) is 9.85 Å². The number of hydrogen-bond donors (Lipinski definition) is 1. The van der Waals surface area contributed by atoms with Gasteiger partial charge in [-0.25, -0.2) is 0 Å². The molecule has 0 aromatic carbocycles. The van der Waals surface area contributed by atoms with Crippen molar-refractivity contribution in [2.75, 3.05) is 0 Å². The molecule has 1 amide bonds. The molecule has 0 aliphatic heterocycles. The van der Waals surface area contributed by atoms with Crippen LogP contribution in [0.1, 0.15) is 39.5 Å². The smallest absolute Gasteiger partial charge is 0.233 e. The largest absolute Gasteiger partial charge is 0.352 e. The van der Waals surface area contributed by atoms with Crippen LogP contribution in [0.25, 0.3) is 0 Å². The molecule has 0 spiro atoms. The molecule has 1 aromatic rings.